The smallest absolute Gasteiger partial charge is 0.253 e. The second kappa shape index (κ2) is 6.21. The zero-order chi connectivity index (χ0) is 14.7. The molecule has 0 spiro atoms. The van der Waals surface area contributed by atoms with E-state index in [0.29, 0.717) is 19.0 Å². The molecule has 0 atom stereocenters. The number of benzene rings is 1. The van der Waals surface area contributed by atoms with E-state index in [4.69, 9.17) is 0 Å². The first-order chi connectivity index (χ1) is 9.49. The van der Waals surface area contributed by atoms with Crippen molar-refractivity contribution < 1.29 is 9.59 Å². The van der Waals surface area contributed by atoms with Crippen molar-refractivity contribution in [2.75, 3.05) is 13.1 Å². The number of piperidine rings is 1. The summed E-state index contributed by atoms with van der Waals surface area (Å²) in [6.07, 6.45) is 1.59. The van der Waals surface area contributed by atoms with Crippen LogP contribution in [-0.4, -0.2) is 29.7 Å². The van der Waals surface area contributed by atoms with E-state index in [2.05, 4.69) is 13.8 Å². The number of rotatable bonds is 3. The molecule has 0 aromatic heterocycles. The lowest BCUT2D eigenvalue weighted by Crippen LogP contribution is -2.39. The minimum Gasteiger partial charge on any atom is -0.339 e. The zero-order valence-corrected chi connectivity index (χ0v) is 12.6. The van der Waals surface area contributed by atoms with Crippen LogP contribution >= 0.6 is 0 Å². The standard InChI is InChI=1S/C17H23NO2/c1-12(2)14-4-6-16(7-5-14)17(20)18-10-8-15(9-11-18)13(3)19/h4-7,12,15H,8-11H2,1-3H3. The predicted octanol–water partition coefficient (Wildman–Crippen LogP) is 3.25. The molecule has 1 heterocycles. The molecule has 1 aromatic rings. The lowest BCUT2D eigenvalue weighted by Gasteiger charge is -2.31. The van der Waals surface area contributed by atoms with Gasteiger partial charge in [-0.15, -0.1) is 0 Å². The predicted molar refractivity (Wildman–Crippen MR) is 79.8 cm³/mol. The summed E-state index contributed by atoms with van der Waals surface area (Å²) in [5, 5.41) is 0. The first-order valence-corrected chi connectivity index (χ1v) is 7.38. The fraction of sp³-hybridized carbons (Fsp3) is 0.529. The minimum absolute atomic E-state index is 0.0855. The fourth-order valence-corrected chi connectivity index (χ4v) is 2.68. The Bertz CT molecular complexity index is 482. The lowest BCUT2D eigenvalue weighted by molar-refractivity contribution is -0.121. The van der Waals surface area contributed by atoms with Crippen LogP contribution in [0.25, 0.3) is 0 Å². The number of ketones is 1. The Morgan fingerprint density at radius 1 is 1.10 bits per heavy atom. The number of carbonyl (C=O) groups excluding carboxylic acids is 2. The van der Waals surface area contributed by atoms with Crippen molar-refractivity contribution in [1.82, 2.24) is 4.90 Å². The molecule has 3 heteroatoms. The van der Waals surface area contributed by atoms with Crippen LogP contribution in [0.1, 0.15) is 55.5 Å². The molecule has 0 bridgehead atoms. The van der Waals surface area contributed by atoms with Gasteiger partial charge in [0.1, 0.15) is 5.78 Å². The molecule has 1 aromatic carbocycles. The average Bonchev–Trinajstić information content (AvgIpc) is 2.46. The van der Waals surface area contributed by atoms with Crippen molar-refractivity contribution in [3.8, 4) is 0 Å². The van der Waals surface area contributed by atoms with Gasteiger partial charge in [-0.3, -0.25) is 9.59 Å². The SMILES string of the molecule is CC(=O)C1CCN(C(=O)c2ccc(C(C)C)cc2)CC1. The fourth-order valence-electron chi connectivity index (χ4n) is 2.68. The summed E-state index contributed by atoms with van der Waals surface area (Å²) >= 11 is 0. The van der Waals surface area contributed by atoms with E-state index in [1.54, 1.807) is 6.92 Å². The first-order valence-electron chi connectivity index (χ1n) is 7.38. The third-order valence-corrected chi connectivity index (χ3v) is 4.18. The number of Topliss-reactive ketones (excluding diaryl/α,β-unsaturated/α-hetero) is 1. The zero-order valence-electron chi connectivity index (χ0n) is 12.6. The summed E-state index contributed by atoms with van der Waals surface area (Å²) in [6.45, 7) is 7.31. The molecule has 1 saturated heterocycles. The van der Waals surface area contributed by atoms with Gasteiger partial charge in [0, 0.05) is 24.6 Å². The maximum atomic E-state index is 12.4. The van der Waals surface area contributed by atoms with E-state index in [1.807, 2.05) is 29.2 Å². The van der Waals surface area contributed by atoms with Crippen LogP contribution in [0.3, 0.4) is 0 Å². The highest BCUT2D eigenvalue weighted by atomic mass is 16.2. The van der Waals surface area contributed by atoms with Crippen molar-refractivity contribution in [3.05, 3.63) is 35.4 Å². The molecule has 108 valence electrons. The van der Waals surface area contributed by atoms with Crippen LogP contribution in [-0.2, 0) is 4.79 Å². The van der Waals surface area contributed by atoms with Gasteiger partial charge >= 0.3 is 0 Å². The molecule has 20 heavy (non-hydrogen) atoms. The number of carbonyl (C=O) groups is 2. The number of amides is 1. The van der Waals surface area contributed by atoms with Crippen LogP contribution < -0.4 is 0 Å². The van der Waals surface area contributed by atoms with Crippen LogP contribution in [0.15, 0.2) is 24.3 Å². The highest BCUT2D eigenvalue weighted by Crippen LogP contribution is 2.21. The lowest BCUT2D eigenvalue weighted by atomic mass is 9.93. The Hall–Kier alpha value is -1.64. The van der Waals surface area contributed by atoms with E-state index in [-0.39, 0.29) is 17.6 Å². The molecule has 1 amide bonds. The van der Waals surface area contributed by atoms with E-state index >= 15 is 0 Å². The minimum atomic E-state index is 0.0855. The summed E-state index contributed by atoms with van der Waals surface area (Å²) < 4.78 is 0. The Balaban J connectivity index is 2.00. The van der Waals surface area contributed by atoms with Crippen molar-refractivity contribution >= 4 is 11.7 Å². The van der Waals surface area contributed by atoms with Gasteiger partial charge in [0.25, 0.3) is 5.91 Å². The van der Waals surface area contributed by atoms with Gasteiger partial charge in [-0.1, -0.05) is 26.0 Å². The van der Waals surface area contributed by atoms with Gasteiger partial charge in [0.15, 0.2) is 0 Å². The van der Waals surface area contributed by atoms with Gasteiger partial charge in [0.05, 0.1) is 0 Å². The summed E-state index contributed by atoms with van der Waals surface area (Å²) in [5.74, 6) is 0.952. The second-order valence-corrected chi connectivity index (χ2v) is 5.95. The second-order valence-electron chi connectivity index (χ2n) is 5.95. The molecule has 3 nitrogen and oxygen atoms in total. The first kappa shape index (κ1) is 14.8. The Labute approximate surface area is 121 Å². The molecule has 0 unspecified atom stereocenters. The number of hydrogen-bond donors (Lipinski definition) is 0. The highest BCUT2D eigenvalue weighted by molar-refractivity contribution is 5.94. The van der Waals surface area contributed by atoms with E-state index in [0.717, 1.165) is 18.4 Å². The largest absolute Gasteiger partial charge is 0.339 e. The highest BCUT2D eigenvalue weighted by Gasteiger charge is 2.25. The van der Waals surface area contributed by atoms with Crippen LogP contribution in [0.5, 0.6) is 0 Å². The molecule has 1 aliphatic rings. The molecule has 0 aliphatic carbocycles. The molecule has 0 N–H and O–H groups in total. The van der Waals surface area contributed by atoms with Gasteiger partial charge in [-0.25, -0.2) is 0 Å². The van der Waals surface area contributed by atoms with Gasteiger partial charge in [-0.05, 0) is 43.4 Å². The van der Waals surface area contributed by atoms with Gasteiger partial charge in [0.2, 0.25) is 0 Å². The average molecular weight is 273 g/mol. The normalized spacial score (nSPS) is 16.5. The van der Waals surface area contributed by atoms with Crippen molar-refractivity contribution in [1.29, 1.82) is 0 Å². The van der Waals surface area contributed by atoms with Crippen LogP contribution in [0, 0.1) is 5.92 Å². The maximum absolute atomic E-state index is 12.4. The van der Waals surface area contributed by atoms with Crippen molar-refractivity contribution in [2.24, 2.45) is 5.92 Å². The number of nitrogens with zero attached hydrogens (tertiary/aromatic N) is 1. The molecular formula is C17H23NO2. The van der Waals surface area contributed by atoms with Gasteiger partial charge < -0.3 is 4.90 Å². The third-order valence-electron chi connectivity index (χ3n) is 4.18. The summed E-state index contributed by atoms with van der Waals surface area (Å²) in [4.78, 5) is 25.6. The molecule has 2 rings (SSSR count). The number of hydrogen-bond acceptors (Lipinski definition) is 2. The summed E-state index contributed by atoms with van der Waals surface area (Å²) in [6, 6.07) is 7.88. The summed E-state index contributed by atoms with van der Waals surface area (Å²) in [7, 11) is 0. The molecule has 0 radical (unpaired) electrons. The van der Waals surface area contributed by atoms with E-state index in [9.17, 15) is 9.59 Å². The van der Waals surface area contributed by atoms with Crippen molar-refractivity contribution in [2.45, 2.75) is 39.5 Å². The Morgan fingerprint density at radius 2 is 1.65 bits per heavy atom. The molecular weight excluding hydrogens is 250 g/mol. The topological polar surface area (TPSA) is 37.4 Å². The molecule has 0 saturated carbocycles. The molecule has 1 fully saturated rings. The van der Waals surface area contributed by atoms with Crippen LogP contribution in [0.2, 0.25) is 0 Å². The Kier molecular flexibility index (Phi) is 4.58. The summed E-state index contributed by atoms with van der Waals surface area (Å²) in [5.41, 5.74) is 1.99. The Morgan fingerprint density at radius 3 is 2.10 bits per heavy atom. The molecule has 1 aliphatic heterocycles. The van der Waals surface area contributed by atoms with Crippen LogP contribution in [0.4, 0.5) is 0 Å². The van der Waals surface area contributed by atoms with E-state index in [1.165, 1.54) is 5.56 Å². The number of likely N-dealkylation sites (tertiary alicyclic amines) is 1. The third kappa shape index (κ3) is 3.27. The van der Waals surface area contributed by atoms with Gasteiger partial charge in [-0.2, -0.15) is 0 Å². The maximum Gasteiger partial charge on any atom is 0.253 e. The van der Waals surface area contributed by atoms with Crippen molar-refractivity contribution in [3.63, 3.8) is 0 Å². The monoisotopic (exact) mass is 273 g/mol. The quantitative estimate of drug-likeness (QED) is 0.847. The van der Waals surface area contributed by atoms with E-state index < -0.39 is 0 Å².